The van der Waals surface area contributed by atoms with Gasteiger partial charge in [-0.25, -0.2) is 0 Å². The molecule has 13 heteroatoms. The lowest BCUT2D eigenvalue weighted by Gasteiger charge is -2.29. The highest BCUT2D eigenvalue weighted by Gasteiger charge is 2.61. The third-order valence-corrected chi connectivity index (χ3v) is 6.04. The monoisotopic (exact) mass is 499 g/mol. The fourth-order valence-electron chi connectivity index (χ4n) is 3.45. The second kappa shape index (κ2) is 8.39. The molecule has 32 heavy (non-hydrogen) atoms. The summed E-state index contributed by atoms with van der Waals surface area (Å²) < 4.78 is 72.4. The minimum atomic E-state index is -5.93. The summed E-state index contributed by atoms with van der Waals surface area (Å²) in [5.41, 5.74) is 0.945. The molecule has 0 spiro atoms. The third-order valence-electron chi connectivity index (χ3n) is 4.89. The van der Waals surface area contributed by atoms with Crippen molar-refractivity contribution in [2.75, 3.05) is 7.11 Å². The van der Waals surface area contributed by atoms with Gasteiger partial charge in [-0.2, -0.15) is 22.0 Å². The van der Waals surface area contributed by atoms with Gasteiger partial charge in [-0.15, -0.1) is 11.3 Å². The zero-order valence-electron chi connectivity index (χ0n) is 16.4. The molecule has 0 fully saturated rings. The van der Waals surface area contributed by atoms with Crippen molar-refractivity contribution in [1.82, 2.24) is 4.90 Å². The number of hydrogen-bond acceptors (Lipinski definition) is 5. The van der Waals surface area contributed by atoms with Crippen LogP contribution in [-0.4, -0.2) is 47.3 Å². The SMILES string of the molecule is COC1=C(Cl)CC2C(=C1)C(CC(=O)O)=C(C)N2C(=O)c1csc(OC(F)(F)C(F)(F)F)c1. The molecule has 0 saturated heterocycles. The van der Waals surface area contributed by atoms with Crippen molar-refractivity contribution >= 4 is 34.8 Å². The van der Waals surface area contributed by atoms with Gasteiger partial charge in [0.05, 0.1) is 30.2 Å². The summed E-state index contributed by atoms with van der Waals surface area (Å²) in [7, 11) is 1.38. The largest absolute Gasteiger partial charge is 0.499 e. The number of alkyl halides is 5. The Kier molecular flexibility index (Phi) is 6.31. The molecule has 1 aromatic heterocycles. The molecule has 0 saturated carbocycles. The Morgan fingerprint density at radius 3 is 2.53 bits per heavy atom. The van der Waals surface area contributed by atoms with Crippen LogP contribution < -0.4 is 4.74 Å². The number of fused-ring (bicyclic) bond motifs is 1. The van der Waals surface area contributed by atoms with Crippen LogP contribution in [0, 0.1) is 0 Å². The summed E-state index contributed by atoms with van der Waals surface area (Å²) in [6, 6.07) is 0.0865. The zero-order valence-corrected chi connectivity index (χ0v) is 18.0. The quantitative estimate of drug-likeness (QED) is 0.539. The lowest BCUT2D eigenvalue weighted by molar-refractivity contribution is -0.359. The van der Waals surface area contributed by atoms with Crippen LogP contribution in [0.5, 0.6) is 5.06 Å². The summed E-state index contributed by atoms with van der Waals surface area (Å²) in [5.74, 6) is -1.57. The molecular weight excluding hydrogens is 485 g/mol. The topological polar surface area (TPSA) is 76.1 Å². The number of thiophene rings is 1. The fourth-order valence-corrected chi connectivity index (χ4v) is 4.49. The number of carbonyl (C=O) groups excluding carboxylic acids is 1. The van der Waals surface area contributed by atoms with E-state index in [0.29, 0.717) is 33.9 Å². The Hall–Kier alpha value is -2.60. The van der Waals surface area contributed by atoms with Crippen LogP contribution in [0.2, 0.25) is 0 Å². The molecule has 6 nitrogen and oxygen atoms in total. The van der Waals surface area contributed by atoms with E-state index in [1.807, 2.05) is 0 Å². The maximum absolute atomic E-state index is 13.2. The lowest BCUT2D eigenvalue weighted by atomic mass is 9.92. The van der Waals surface area contributed by atoms with Gasteiger partial charge in [0.2, 0.25) is 0 Å². The molecule has 1 aliphatic carbocycles. The zero-order chi connectivity index (χ0) is 24.0. The molecule has 1 aliphatic heterocycles. The highest BCUT2D eigenvalue weighted by molar-refractivity contribution is 7.12. The normalized spacial score (nSPS) is 19.2. The second-order valence-corrected chi connectivity index (χ2v) is 8.20. The van der Waals surface area contributed by atoms with Crippen LogP contribution in [0.1, 0.15) is 30.1 Å². The number of carboxylic acids is 1. The van der Waals surface area contributed by atoms with Gasteiger partial charge in [-0.3, -0.25) is 9.59 Å². The van der Waals surface area contributed by atoms with Crippen LogP contribution >= 0.6 is 22.9 Å². The highest BCUT2D eigenvalue weighted by atomic mass is 35.5. The molecule has 0 radical (unpaired) electrons. The van der Waals surface area contributed by atoms with Gasteiger partial charge >= 0.3 is 18.3 Å². The van der Waals surface area contributed by atoms with Crippen LogP contribution in [0.4, 0.5) is 22.0 Å². The Morgan fingerprint density at radius 1 is 1.31 bits per heavy atom. The lowest BCUT2D eigenvalue weighted by Crippen LogP contribution is -2.41. The predicted octanol–water partition coefficient (Wildman–Crippen LogP) is 5.28. The van der Waals surface area contributed by atoms with E-state index in [1.54, 1.807) is 0 Å². The average molecular weight is 500 g/mol. The number of ether oxygens (including phenoxy) is 2. The number of carboxylic acid groups (broad SMARTS) is 1. The van der Waals surface area contributed by atoms with Crippen molar-refractivity contribution in [3.63, 3.8) is 0 Å². The van der Waals surface area contributed by atoms with Crippen molar-refractivity contribution in [2.24, 2.45) is 0 Å². The van der Waals surface area contributed by atoms with Crippen molar-refractivity contribution in [3.05, 3.63) is 50.7 Å². The molecule has 174 valence electrons. The van der Waals surface area contributed by atoms with E-state index in [2.05, 4.69) is 4.74 Å². The van der Waals surface area contributed by atoms with E-state index in [-0.39, 0.29) is 17.0 Å². The minimum Gasteiger partial charge on any atom is -0.496 e. The smallest absolute Gasteiger partial charge is 0.496 e. The molecule has 0 bridgehead atoms. The molecule has 2 heterocycles. The number of nitrogens with zero attached hydrogens (tertiary/aromatic N) is 1. The molecule has 0 aromatic carbocycles. The van der Waals surface area contributed by atoms with Gasteiger partial charge in [0.15, 0.2) is 5.06 Å². The van der Waals surface area contributed by atoms with Gasteiger partial charge in [-0.05, 0) is 24.1 Å². The van der Waals surface area contributed by atoms with Gasteiger partial charge in [0.1, 0.15) is 5.76 Å². The Bertz CT molecular complexity index is 1060. The Labute approximate surface area is 187 Å². The number of aliphatic carboxylic acids is 1. The van der Waals surface area contributed by atoms with E-state index in [0.717, 1.165) is 11.4 Å². The summed E-state index contributed by atoms with van der Waals surface area (Å²) in [6.45, 7) is 1.51. The molecular formula is C19H15ClF5NO5S. The number of carbonyl (C=O) groups is 2. The standard InChI is InChI=1S/C19H15ClF5NO5S/c1-8-10(5-15(27)28)11-4-14(30-2)12(20)6-13(11)26(8)17(29)9-3-16(32-7-9)31-19(24,25)18(21,22)23/h3-4,7,13H,5-6H2,1-2H3,(H,27,28). The maximum Gasteiger partial charge on any atom is 0.499 e. The summed E-state index contributed by atoms with van der Waals surface area (Å²) >= 11 is 6.61. The molecule has 2 aliphatic rings. The first-order chi connectivity index (χ1) is 14.8. The van der Waals surface area contributed by atoms with E-state index < -0.39 is 41.7 Å². The van der Waals surface area contributed by atoms with E-state index in [1.165, 1.54) is 25.0 Å². The highest BCUT2D eigenvalue weighted by Crippen LogP contribution is 2.45. The van der Waals surface area contributed by atoms with Gasteiger partial charge < -0.3 is 19.5 Å². The number of rotatable bonds is 6. The molecule has 1 N–H and O–H groups in total. The summed E-state index contributed by atoms with van der Waals surface area (Å²) in [5, 5.41) is 9.82. The number of hydrogen-bond donors (Lipinski definition) is 1. The van der Waals surface area contributed by atoms with Crippen molar-refractivity contribution in [3.8, 4) is 5.06 Å². The fraction of sp³-hybridized carbons (Fsp3) is 0.368. The number of methoxy groups -OCH3 is 1. The predicted molar refractivity (Wildman–Crippen MR) is 103 cm³/mol. The third kappa shape index (κ3) is 4.33. The maximum atomic E-state index is 13.2. The van der Waals surface area contributed by atoms with Crippen molar-refractivity contribution < 1.29 is 46.1 Å². The number of allylic oxidation sites excluding steroid dienone is 2. The molecule has 1 atom stereocenters. The van der Waals surface area contributed by atoms with Crippen LogP contribution in [0.25, 0.3) is 0 Å². The van der Waals surface area contributed by atoms with E-state index >= 15 is 0 Å². The van der Waals surface area contributed by atoms with Crippen molar-refractivity contribution in [2.45, 2.75) is 38.1 Å². The van der Waals surface area contributed by atoms with Crippen molar-refractivity contribution in [1.29, 1.82) is 0 Å². The Balaban J connectivity index is 1.94. The molecule has 1 unspecified atom stereocenters. The van der Waals surface area contributed by atoms with E-state index in [9.17, 15) is 36.6 Å². The first-order valence-corrected chi connectivity index (χ1v) is 10.1. The van der Waals surface area contributed by atoms with Gasteiger partial charge in [0, 0.05) is 23.6 Å². The van der Waals surface area contributed by atoms with E-state index in [4.69, 9.17) is 16.3 Å². The second-order valence-electron chi connectivity index (χ2n) is 6.87. The van der Waals surface area contributed by atoms with Gasteiger partial charge in [-0.1, -0.05) is 11.6 Å². The summed E-state index contributed by atoms with van der Waals surface area (Å²) in [4.78, 5) is 25.7. The first kappa shape index (κ1) is 24.1. The average Bonchev–Trinajstić information content (AvgIpc) is 3.22. The van der Waals surface area contributed by atoms with Crippen LogP contribution in [0.15, 0.2) is 45.2 Å². The first-order valence-electron chi connectivity index (χ1n) is 8.88. The summed E-state index contributed by atoms with van der Waals surface area (Å²) in [6.07, 6.45) is -10.1. The minimum absolute atomic E-state index is 0.0996. The molecule has 1 amide bonds. The number of halogens is 6. The number of amides is 1. The van der Waals surface area contributed by atoms with Gasteiger partial charge in [0.25, 0.3) is 5.91 Å². The molecule has 1 aromatic rings. The van der Waals surface area contributed by atoms with Crippen LogP contribution in [-0.2, 0) is 9.53 Å². The van der Waals surface area contributed by atoms with Crippen LogP contribution in [0.3, 0.4) is 0 Å². The molecule has 3 rings (SSSR count). The Morgan fingerprint density at radius 2 is 1.97 bits per heavy atom.